The summed E-state index contributed by atoms with van der Waals surface area (Å²) in [4.78, 5) is 22.8. The molecule has 0 fully saturated rings. The van der Waals surface area contributed by atoms with Crippen LogP contribution in [0.1, 0.15) is 17.3 Å². The van der Waals surface area contributed by atoms with Gasteiger partial charge in [0.15, 0.2) is 0 Å². The van der Waals surface area contributed by atoms with Crippen LogP contribution in [0.2, 0.25) is 0 Å². The molecule has 0 saturated heterocycles. The number of amides is 2. The van der Waals surface area contributed by atoms with E-state index >= 15 is 0 Å². The van der Waals surface area contributed by atoms with E-state index in [1.807, 2.05) is 0 Å². The zero-order valence-electron chi connectivity index (χ0n) is 12.3. The van der Waals surface area contributed by atoms with Gasteiger partial charge in [-0.2, -0.15) is 0 Å². The van der Waals surface area contributed by atoms with Crippen LogP contribution in [0.4, 0.5) is 9.39 Å². The van der Waals surface area contributed by atoms with Gasteiger partial charge in [0.25, 0.3) is 11.8 Å². The average molecular weight is 372 g/mol. The van der Waals surface area contributed by atoms with Crippen LogP contribution in [-0.4, -0.2) is 31.4 Å². The Balaban J connectivity index is 2.49. The zero-order chi connectivity index (χ0) is 18.1. The smallest absolute Gasteiger partial charge is 0.253 e. The first-order chi connectivity index (χ1) is 11.1. The number of nitrogens with one attached hydrogen (secondary N) is 1. The van der Waals surface area contributed by atoms with Crippen molar-refractivity contribution < 1.29 is 27.5 Å². The number of hydrogen-bond donors (Lipinski definition) is 3. The van der Waals surface area contributed by atoms with E-state index < -0.39 is 33.6 Å². The molecular formula is C14H13FN2O5S2. The lowest BCUT2D eigenvalue weighted by atomic mass is 10.3. The number of rotatable bonds is 5. The molecule has 0 radical (unpaired) electrons. The number of hydrogen-bond acceptors (Lipinski definition) is 6. The summed E-state index contributed by atoms with van der Waals surface area (Å²) >= 11 is 0.614. The number of carbonyl (C=O) groups is 2. The quantitative estimate of drug-likeness (QED) is 0.678. The summed E-state index contributed by atoms with van der Waals surface area (Å²) in [6.45, 7) is 1.21. The van der Waals surface area contributed by atoms with Crippen molar-refractivity contribution in [2.45, 2.75) is 22.1 Å². The van der Waals surface area contributed by atoms with Crippen LogP contribution >= 0.6 is 11.3 Å². The van der Waals surface area contributed by atoms with Crippen molar-refractivity contribution in [1.82, 2.24) is 0 Å². The summed E-state index contributed by atoms with van der Waals surface area (Å²) in [5.41, 5.74) is 4.99. The van der Waals surface area contributed by atoms with Crippen molar-refractivity contribution in [3.8, 4) is 0 Å². The van der Waals surface area contributed by atoms with Crippen LogP contribution < -0.4 is 11.1 Å². The minimum Gasteiger partial charge on any atom is -0.384 e. The number of nitrogens with two attached hydrogens (primary N) is 1. The largest absolute Gasteiger partial charge is 0.384 e. The van der Waals surface area contributed by atoms with E-state index in [1.54, 1.807) is 0 Å². The van der Waals surface area contributed by atoms with Crippen LogP contribution in [0.3, 0.4) is 0 Å². The van der Waals surface area contributed by atoms with Crippen molar-refractivity contribution in [1.29, 1.82) is 0 Å². The van der Waals surface area contributed by atoms with E-state index in [4.69, 9.17) is 5.73 Å². The predicted octanol–water partition coefficient (Wildman–Crippen LogP) is 1.14. The van der Waals surface area contributed by atoms with Crippen molar-refractivity contribution in [2.24, 2.45) is 5.73 Å². The van der Waals surface area contributed by atoms with Crippen LogP contribution in [0.15, 0.2) is 39.4 Å². The molecule has 128 valence electrons. The number of thiophene rings is 1. The zero-order valence-corrected chi connectivity index (χ0v) is 13.9. The highest BCUT2D eigenvalue weighted by Gasteiger charge is 2.25. The molecule has 1 aromatic heterocycles. The second-order valence-corrected chi connectivity index (χ2v) is 8.02. The molecule has 7 nitrogen and oxygen atoms in total. The lowest BCUT2D eigenvalue weighted by Crippen LogP contribution is -2.25. The molecular weight excluding hydrogens is 359 g/mol. The number of anilines is 1. The molecule has 0 aliphatic heterocycles. The number of benzene rings is 1. The molecule has 2 rings (SSSR count). The van der Waals surface area contributed by atoms with Gasteiger partial charge in [-0.15, -0.1) is 11.3 Å². The van der Waals surface area contributed by atoms with Crippen molar-refractivity contribution in [3.63, 3.8) is 0 Å². The van der Waals surface area contributed by atoms with E-state index in [0.29, 0.717) is 11.3 Å². The first-order valence-corrected chi connectivity index (χ1v) is 8.86. The van der Waals surface area contributed by atoms with Crippen LogP contribution in [0.25, 0.3) is 0 Å². The number of sulfone groups is 1. The third-order valence-corrected chi connectivity index (χ3v) is 6.27. The molecule has 2 amide bonds. The fourth-order valence-corrected chi connectivity index (χ4v) is 4.50. The fourth-order valence-electron chi connectivity index (χ4n) is 1.72. The maximum absolute atomic E-state index is 12.9. The number of halogens is 1. The highest BCUT2D eigenvalue weighted by Crippen LogP contribution is 2.34. The van der Waals surface area contributed by atoms with Gasteiger partial charge in [-0.25, -0.2) is 12.8 Å². The second kappa shape index (κ2) is 6.67. The van der Waals surface area contributed by atoms with Crippen molar-refractivity contribution in [2.75, 3.05) is 5.32 Å². The van der Waals surface area contributed by atoms with Crippen LogP contribution in [0, 0.1) is 5.82 Å². The topological polar surface area (TPSA) is 127 Å². The third kappa shape index (κ3) is 3.61. The van der Waals surface area contributed by atoms with Crippen LogP contribution in [0.5, 0.6) is 0 Å². The van der Waals surface area contributed by atoms with E-state index in [1.165, 1.54) is 6.92 Å². The molecule has 2 aromatic rings. The number of carbonyl (C=O) groups excluding carboxylic acids is 2. The van der Waals surface area contributed by atoms with E-state index in [9.17, 15) is 27.5 Å². The minimum absolute atomic E-state index is 0.0888. The molecule has 0 unspecified atom stereocenters. The summed E-state index contributed by atoms with van der Waals surface area (Å²) in [6, 6.07) is 5.19. The Morgan fingerprint density at radius 3 is 2.38 bits per heavy atom. The van der Waals surface area contributed by atoms with Gasteiger partial charge >= 0.3 is 0 Å². The molecule has 1 atom stereocenters. The van der Waals surface area contributed by atoms with Crippen molar-refractivity contribution >= 4 is 38.0 Å². The molecule has 0 spiro atoms. The molecule has 1 aromatic carbocycles. The van der Waals surface area contributed by atoms with Gasteiger partial charge in [0, 0.05) is 0 Å². The molecule has 0 bridgehead atoms. The second-order valence-electron chi connectivity index (χ2n) is 4.80. The minimum atomic E-state index is -4.02. The molecule has 0 saturated carbocycles. The van der Waals surface area contributed by atoms with E-state index in [0.717, 1.165) is 30.3 Å². The molecule has 0 aliphatic carbocycles. The lowest BCUT2D eigenvalue weighted by molar-refractivity contribution is -0.123. The number of aliphatic hydroxyl groups excluding tert-OH is 1. The first-order valence-electron chi connectivity index (χ1n) is 6.56. The van der Waals surface area contributed by atoms with Gasteiger partial charge in [-0.3, -0.25) is 9.59 Å². The standard InChI is InChI=1S/C14H13FN2O5S2/c1-7(18)13(20)17-14-10(12(16)19)6-11(23-14)24(21,22)9-4-2-8(15)3-5-9/h2-7,18H,1H3,(H2,16,19)(H,17,20)/t7-/m0/s1. The summed E-state index contributed by atoms with van der Waals surface area (Å²) in [7, 11) is -4.02. The lowest BCUT2D eigenvalue weighted by Gasteiger charge is -2.05. The molecule has 10 heteroatoms. The van der Waals surface area contributed by atoms with E-state index in [-0.39, 0.29) is 19.7 Å². The summed E-state index contributed by atoms with van der Waals surface area (Å²) in [5, 5.41) is 11.4. The monoisotopic (exact) mass is 372 g/mol. The van der Waals surface area contributed by atoms with E-state index in [2.05, 4.69) is 5.32 Å². The Kier molecular flexibility index (Phi) is 5.02. The van der Waals surface area contributed by atoms with Crippen molar-refractivity contribution in [3.05, 3.63) is 41.7 Å². The number of primary amides is 1. The van der Waals surface area contributed by atoms with Gasteiger partial charge in [0.2, 0.25) is 9.84 Å². The predicted molar refractivity (Wildman–Crippen MR) is 85.0 cm³/mol. The molecule has 4 N–H and O–H groups in total. The first kappa shape index (κ1) is 18.0. The Morgan fingerprint density at radius 1 is 1.29 bits per heavy atom. The van der Waals surface area contributed by atoms with Gasteiger partial charge in [-0.05, 0) is 37.3 Å². The average Bonchev–Trinajstić information content (AvgIpc) is 2.92. The summed E-state index contributed by atoms with van der Waals surface area (Å²) < 4.78 is 37.8. The fraction of sp³-hybridized carbons (Fsp3) is 0.143. The third-order valence-electron chi connectivity index (χ3n) is 2.98. The maximum Gasteiger partial charge on any atom is 0.253 e. The molecule has 1 heterocycles. The highest BCUT2D eigenvalue weighted by molar-refractivity contribution is 7.93. The molecule has 0 aliphatic rings. The maximum atomic E-state index is 12.9. The highest BCUT2D eigenvalue weighted by atomic mass is 32.2. The summed E-state index contributed by atoms with van der Waals surface area (Å²) in [5.74, 6) is -2.35. The Morgan fingerprint density at radius 2 is 1.88 bits per heavy atom. The SMILES string of the molecule is C[C@H](O)C(=O)Nc1sc(S(=O)(=O)c2ccc(F)cc2)cc1C(N)=O. The number of aliphatic hydroxyl groups is 1. The molecule has 24 heavy (non-hydrogen) atoms. The Bertz CT molecular complexity index is 888. The Labute approximate surface area is 140 Å². The van der Waals surface area contributed by atoms with Gasteiger partial charge in [0.05, 0.1) is 10.5 Å². The normalized spacial score (nSPS) is 12.6. The van der Waals surface area contributed by atoms with Gasteiger partial charge in [0.1, 0.15) is 21.1 Å². The Hall–Kier alpha value is -2.30. The van der Waals surface area contributed by atoms with Gasteiger partial charge in [-0.1, -0.05) is 0 Å². The summed E-state index contributed by atoms with van der Waals surface area (Å²) in [6.07, 6.45) is -1.36. The van der Waals surface area contributed by atoms with Crippen LogP contribution in [-0.2, 0) is 14.6 Å². The van der Waals surface area contributed by atoms with Gasteiger partial charge < -0.3 is 16.2 Å².